The fraction of sp³-hybridized carbons (Fsp3) is 0.692. The number of hydrogen-bond donors (Lipinski definition) is 3. The lowest BCUT2D eigenvalue weighted by molar-refractivity contribution is 0.0727. The Morgan fingerprint density at radius 3 is 2.85 bits per heavy atom. The highest BCUT2D eigenvalue weighted by Crippen LogP contribution is 2.30. The first kappa shape index (κ1) is 15.1. The molecule has 4 N–H and O–H groups in total. The van der Waals surface area contributed by atoms with Gasteiger partial charge >= 0.3 is 0 Å². The van der Waals surface area contributed by atoms with E-state index in [9.17, 15) is 4.79 Å². The van der Waals surface area contributed by atoms with Crippen molar-refractivity contribution in [1.82, 2.24) is 9.88 Å². The van der Waals surface area contributed by atoms with Crippen LogP contribution in [0.1, 0.15) is 42.3 Å². The molecule has 1 heterocycles. The van der Waals surface area contributed by atoms with E-state index in [0.29, 0.717) is 24.0 Å². The first-order valence-electron chi connectivity index (χ1n) is 7.08. The fourth-order valence-electron chi connectivity index (χ4n) is 2.12. The molecule has 7 heteroatoms. The molecule has 1 amide bonds. The SMILES string of the molecule is CCCN(CCO)C(=O)c1sc(NC2CCC2)nc1N. The minimum Gasteiger partial charge on any atom is -0.395 e. The zero-order valence-electron chi connectivity index (χ0n) is 11.8. The molecule has 0 radical (unpaired) electrons. The number of aromatic nitrogens is 1. The van der Waals surface area contributed by atoms with E-state index < -0.39 is 0 Å². The molecular formula is C13H22N4O2S. The van der Waals surface area contributed by atoms with E-state index >= 15 is 0 Å². The number of thiazole rings is 1. The van der Waals surface area contributed by atoms with Crippen LogP contribution in [0.2, 0.25) is 0 Å². The Morgan fingerprint density at radius 1 is 1.55 bits per heavy atom. The summed E-state index contributed by atoms with van der Waals surface area (Å²) in [5.41, 5.74) is 5.86. The first-order valence-corrected chi connectivity index (χ1v) is 7.90. The summed E-state index contributed by atoms with van der Waals surface area (Å²) in [5.74, 6) is 0.137. The highest BCUT2D eigenvalue weighted by molar-refractivity contribution is 7.18. The Balaban J connectivity index is 2.07. The molecule has 0 aliphatic heterocycles. The van der Waals surface area contributed by atoms with Crippen molar-refractivity contribution in [2.75, 3.05) is 30.7 Å². The van der Waals surface area contributed by atoms with Crippen molar-refractivity contribution >= 4 is 28.2 Å². The van der Waals surface area contributed by atoms with E-state index in [-0.39, 0.29) is 18.3 Å². The largest absolute Gasteiger partial charge is 0.395 e. The second kappa shape index (κ2) is 6.90. The van der Waals surface area contributed by atoms with E-state index in [1.165, 1.54) is 17.8 Å². The van der Waals surface area contributed by atoms with Gasteiger partial charge in [0.05, 0.1) is 6.61 Å². The minimum absolute atomic E-state index is 0.0440. The second-order valence-electron chi connectivity index (χ2n) is 5.02. The van der Waals surface area contributed by atoms with Gasteiger partial charge in [0.2, 0.25) is 0 Å². The number of aliphatic hydroxyl groups excluding tert-OH is 1. The van der Waals surface area contributed by atoms with Gasteiger partial charge in [-0.2, -0.15) is 0 Å². The van der Waals surface area contributed by atoms with E-state index in [0.717, 1.165) is 24.4 Å². The molecule has 2 rings (SSSR count). The number of amides is 1. The monoisotopic (exact) mass is 298 g/mol. The summed E-state index contributed by atoms with van der Waals surface area (Å²) in [6.45, 7) is 2.90. The maximum Gasteiger partial charge on any atom is 0.267 e. The van der Waals surface area contributed by atoms with Gasteiger partial charge in [-0.1, -0.05) is 18.3 Å². The van der Waals surface area contributed by atoms with Crippen LogP contribution in [0.15, 0.2) is 0 Å². The van der Waals surface area contributed by atoms with Gasteiger partial charge in [0.25, 0.3) is 5.91 Å². The fourth-order valence-corrected chi connectivity index (χ4v) is 3.05. The molecule has 0 spiro atoms. The van der Waals surface area contributed by atoms with Gasteiger partial charge in [0.1, 0.15) is 10.7 Å². The third-order valence-corrected chi connectivity index (χ3v) is 4.42. The molecule has 0 saturated heterocycles. The summed E-state index contributed by atoms with van der Waals surface area (Å²) < 4.78 is 0. The lowest BCUT2D eigenvalue weighted by Crippen LogP contribution is -2.34. The third kappa shape index (κ3) is 3.40. The molecule has 1 saturated carbocycles. The maximum absolute atomic E-state index is 12.4. The standard InChI is InChI=1S/C13H22N4O2S/c1-2-6-17(7-8-18)12(19)10-11(14)16-13(20-10)15-9-4-3-5-9/h9,18H,2-8,14H2,1H3,(H,15,16). The number of rotatable bonds is 7. The van der Waals surface area contributed by atoms with Crippen molar-refractivity contribution < 1.29 is 9.90 Å². The number of hydrogen-bond acceptors (Lipinski definition) is 6. The van der Waals surface area contributed by atoms with Gasteiger partial charge < -0.3 is 21.1 Å². The normalized spacial score (nSPS) is 14.9. The summed E-state index contributed by atoms with van der Waals surface area (Å²) in [6.07, 6.45) is 4.38. The predicted molar refractivity (Wildman–Crippen MR) is 81.1 cm³/mol. The van der Waals surface area contributed by atoms with Crippen molar-refractivity contribution in [2.45, 2.75) is 38.6 Å². The molecule has 1 aromatic heterocycles. The van der Waals surface area contributed by atoms with Gasteiger partial charge in [0, 0.05) is 19.1 Å². The van der Waals surface area contributed by atoms with Crippen LogP contribution < -0.4 is 11.1 Å². The Morgan fingerprint density at radius 2 is 2.30 bits per heavy atom. The zero-order chi connectivity index (χ0) is 14.5. The molecule has 112 valence electrons. The van der Waals surface area contributed by atoms with Crippen LogP contribution in [-0.2, 0) is 0 Å². The number of nitrogens with zero attached hydrogens (tertiary/aromatic N) is 2. The maximum atomic E-state index is 12.4. The number of anilines is 2. The minimum atomic E-state index is -0.141. The predicted octanol–water partition coefficient (Wildman–Crippen LogP) is 1.53. The van der Waals surface area contributed by atoms with Crippen LogP contribution in [0.3, 0.4) is 0 Å². The Bertz CT molecular complexity index is 453. The molecule has 20 heavy (non-hydrogen) atoms. The molecule has 1 aliphatic rings. The van der Waals surface area contributed by atoms with Crippen LogP contribution >= 0.6 is 11.3 Å². The van der Waals surface area contributed by atoms with E-state index in [1.807, 2.05) is 6.92 Å². The topological polar surface area (TPSA) is 91.5 Å². The first-order chi connectivity index (χ1) is 9.65. The molecule has 1 aromatic rings. The Labute approximate surface area is 123 Å². The number of aliphatic hydroxyl groups is 1. The van der Waals surface area contributed by atoms with Gasteiger partial charge in [-0.3, -0.25) is 4.79 Å². The quantitative estimate of drug-likeness (QED) is 0.710. The van der Waals surface area contributed by atoms with Crippen molar-refractivity contribution in [3.8, 4) is 0 Å². The van der Waals surface area contributed by atoms with Gasteiger partial charge in [-0.25, -0.2) is 4.98 Å². The highest BCUT2D eigenvalue weighted by atomic mass is 32.1. The summed E-state index contributed by atoms with van der Waals surface area (Å²) in [4.78, 5) is 18.7. The Hall–Kier alpha value is -1.34. The average molecular weight is 298 g/mol. The molecule has 0 bridgehead atoms. The molecule has 0 aromatic carbocycles. The van der Waals surface area contributed by atoms with Crippen LogP contribution in [0, 0.1) is 0 Å². The number of nitrogen functional groups attached to an aromatic ring is 1. The molecular weight excluding hydrogens is 276 g/mol. The number of nitrogens with one attached hydrogen (secondary N) is 1. The van der Waals surface area contributed by atoms with Crippen LogP contribution in [-0.4, -0.2) is 46.6 Å². The van der Waals surface area contributed by atoms with Crippen LogP contribution in [0.25, 0.3) is 0 Å². The number of carbonyl (C=O) groups excluding carboxylic acids is 1. The summed E-state index contributed by atoms with van der Waals surface area (Å²) in [7, 11) is 0. The lowest BCUT2D eigenvalue weighted by Gasteiger charge is -2.25. The molecule has 1 aliphatic carbocycles. The smallest absolute Gasteiger partial charge is 0.267 e. The molecule has 6 nitrogen and oxygen atoms in total. The number of carbonyl (C=O) groups is 1. The van der Waals surface area contributed by atoms with Crippen molar-refractivity contribution in [3.63, 3.8) is 0 Å². The Kier molecular flexibility index (Phi) is 5.19. The van der Waals surface area contributed by atoms with Gasteiger partial charge in [-0.15, -0.1) is 0 Å². The molecule has 0 unspecified atom stereocenters. The van der Waals surface area contributed by atoms with Crippen molar-refractivity contribution in [3.05, 3.63) is 4.88 Å². The van der Waals surface area contributed by atoms with Crippen LogP contribution in [0.5, 0.6) is 0 Å². The van der Waals surface area contributed by atoms with Crippen LogP contribution in [0.4, 0.5) is 10.9 Å². The van der Waals surface area contributed by atoms with Gasteiger partial charge in [-0.05, 0) is 25.7 Å². The van der Waals surface area contributed by atoms with Gasteiger partial charge in [0.15, 0.2) is 5.13 Å². The van der Waals surface area contributed by atoms with E-state index in [1.54, 1.807) is 4.90 Å². The molecule has 1 fully saturated rings. The third-order valence-electron chi connectivity index (χ3n) is 3.43. The number of nitrogens with two attached hydrogens (primary N) is 1. The molecule has 0 atom stereocenters. The van der Waals surface area contributed by atoms with E-state index in [4.69, 9.17) is 10.8 Å². The summed E-state index contributed by atoms with van der Waals surface area (Å²) in [6, 6.07) is 0.465. The van der Waals surface area contributed by atoms with E-state index in [2.05, 4.69) is 10.3 Å². The highest BCUT2D eigenvalue weighted by Gasteiger charge is 2.24. The average Bonchev–Trinajstić information content (AvgIpc) is 2.74. The second-order valence-corrected chi connectivity index (χ2v) is 6.02. The lowest BCUT2D eigenvalue weighted by atomic mass is 9.93. The van der Waals surface area contributed by atoms with Crippen molar-refractivity contribution in [2.24, 2.45) is 0 Å². The summed E-state index contributed by atoms with van der Waals surface area (Å²) >= 11 is 1.31. The summed E-state index contributed by atoms with van der Waals surface area (Å²) in [5, 5.41) is 13.1. The zero-order valence-corrected chi connectivity index (χ0v) is 12.6. The van der Waals surface area contributed by atoms with Crippen molar-refractivity contribution in [1.29, 1.82) is 0 Å².